The Bertz CT molecular complexity index is 175. The van der Waals surface area contributed by atoms with E-state index in [9.17, 15) is 0 Å². The largest absolute Gasteiger partial charge is 0.411 e. The van der Waals surface area contributed by atoms with Gasteiger partial charge in [0.1, 0.15) is 11.4 Å². The molecule has 5 heteroatoms. The predicted molar refractivity (Wildman–Crippen MR) is 41.6 cm³/mol. The molecule has 0 radical (unpaired) electrons. The molecule has 0 aliphatic heterocycles. The summed E-state index contributed by atoms with van der Waals surface area (Å²) < 4.78 is 0. The van der Waals surface area contributed by atoms with E-state index in [2.05, 4.69) is 5.16 Å². The molecule has 0 aromatic heterocycles. The van der Waals surface area contributed by atoms with E-state index >= 15 is 0 Å². The average molecular weight is 159 g/mol. The molecule has 3 N–H and O–H groups in total. The molecule has 0 atom stereocenters. The zero-order valence-electron chi connectivity index (χ0n) is 6.87. The second-order valence-electron chi connectivity index (χ2n) is 2.30. The van der Waals surface area contributed by atoms with Gasteiger partial charge in [-0.15, -0.1) is 0 Å². The first-order valence-electron chi connectivity index (χ1n) is 3.09. The van der Waals surface area contributed by atoms with Crippen molar-refractivity contribution in [1.29, 1.82) is 0 Å². The van der Waals surface area contributed by atoms with Gasteiger partial charge in [-0.3, -0.25) is 10.7 Å². The van der Waals surface area contributed by atoms with Crippen LogP contribution >= 0.6 is 0 Å². The topological polar surface area (TPSA) is 68.1 Å². The normalized spacial score (nSPS) is 13.1. The Morgan fingerprint density at radius 3 is 2.36 bits per heavy atom. The van der Waals surface area contributed by atoms with Crippen LogP contribution in [0.5, 0.6) is 0 Å². The number of rotatable bonds is 3. The Balaban J connectivity index is 4.40. The van der Waals surface area contributed by atoms with Crippen molar-refractivity contribution in [2.24, 2.45) is 5.16 Å². The molecule has 0 rings (SSSR count). The van der Waals surface area contributed by atoms with Crippen molar-refractivity contribution in [1.82, 2.24) is 10.4 Å². The molecule has 0 fully saturated rings. The number of nitrogens with zero attached hydrogens (tertiary/aromatic N) is 2. The lowest BCUT2D eigenvalue weighted by Crippen LogP contribution is -2.18. The Morgan fingerprint density at radius 2 is 2.09 bits per heavy atom. The van der Waals surface area contributed by atoms with Gasteiger partial charge in [0, 0.05) is 20.3 Å². The van der Waals surface area contributed by atoms with Crippen LogP contribution < -0.4 is 5.48 Å². The molecule has 0 saturated carbocycles. The molecule has 5 nitrogen and oxygen atoms in total. The minimum atomic E-state index is 0.321. The van der Waals surface area contributed by atoms with Crippen molar-refractivity contribution in [3.63, 3.8) is 0 Å². The fourth-order valence-corrected chi connectivity index (χ4v) is 0.515. The highest BCUT2D eigenvalue weighted by Gasteiger charge is 1.99. The fraction of sp³-hybridized carbons (Fsp3) is 0.500. The molecule has 0 spiro atoms. The quantitative estimate of drug-likeness (QED) is 0.313. The van der Waals surface area contributed by atoms with E-state index in [0.29, 0.717) is 11.4 Å². The molecule has 0 bridgehead atoms. The summed E-state index contributed by atoms with van der Waals surface area (Å²) in [6.07, 6.45) is 1.59. The molecule has 0 amide bonds. The van der Waals surface area contributed by atoms with Gasteiger partial charge in [-0.05, 0) is 6.92 Å². The second kappa shape index (κ2) is 4.56. The number of oxime groups is 1. The summed E-state index contributed by atoms with van der Waals surface area (Å²) >= 11 is 0. The van der Waals surface area contributed by atoms with Crippen molar-refractivity contribution in [2.45, 2.75) is 6.92 Å². The Labute approximate surface area is 65.6 Å². The van der Waals surface area contributed by atoms with Crippen LogP contribution in [0.15, 0.2) is 17.1 Å². The van der Waals surface area contributed by atoms with Crippen LogP contribution in [0, 0.1) is 0 Å². The van der Waals surface area contributed by atoms with Gasteiger partial charge in [0.05, 0.1) is 0 Å². The summed E-state index contributed by atoms with van der Waals surface area (Å²) in [4.78, 5) is 1.72. The predicted octanol–water partition coefficient (Wildman–Crippen LogP) is 0.218. The van der Waals surface area contributed by atoms with E-state index in [1.54, 1.807) is 32.1 Å². The standard InChI is InChI=1S/C6H13N3O2/c1-5(7-10)6(8-11)4-9(2)3/h4,8,10-11H,1-3H3/b6-4+,7-5+. The first-order chi connectivity index (χ1) is 5.11. The monoisotopic (exact) mass is 159 g/mol. The zero-order valence-corrected chi connectivity index (χ0v) is 6.87. The van der Waals surface area contributed by atoms with Gasteiger partial charge in [0.2, 0.25) is 0 Å². The molecular weight excluding hydrogens is 146 g/mol. The highest BCUT2D eigenvalue weighted by atomic mass is 16.5. The van der Waals surface area contributed by atoms with Crippen molar-refractivity contribution in [2.75, 3.05) is 14.1 Å². The van der Waals surface area contributed by atoms with Gasteiger partial charge < -0.3 is 10.1 Å². The van der Waals surface area contributed by atoms with Crippen molar-refractivity contribution >= 4 is 5.71 Å². The van der Waals surface area contributed by atoms with Gasteiger partial charge in [-0.2, -0.15) is 0 Å². The van der Waals surface area contributed by atoms with Gasteiger partial charge in [0.15, 0.2) is 0 Å². The van der Waals surface area contributed by atoms with Crippen molar-refractivity contribution < 1.29 is 10.4 Å². The summed E-state index contributed by atoms with van der Waals surface area (Å²) in [5, 5.41) is 19.8. The summed E-state index contributed by atoms with van der Waals surface area (Å²) in [6.45, 7) is 1.57. The maximum Gasteiger partial charge on any atom is 0.103 e. The number of hydrogen-bond acceptors (Lipinski definition) is 5. The molecule has 0 aliphatic rings. The van der Waals surface area contributed by atoms with Gasteiger partial charge >= 0.3 is 0 Å². The molecular formula is C6H13N3O2. The molecule has 64 valence electrons. The van der Waals surface area contributed by atoms with Crippen LogP contribution in [0.1, 0.15) is 6.92 Å². The summed E-state index contributed by atoms with van der Waals surface area (Å²) in [5.41, 5.74) is 2.59. The van der Waals surface area contributed by atoms with E-state index < -0.39 is 0 Å². The Morgan fingerprint density at radius 1 is 1.55 bits per heavy atom. The highest BCUT2D eigenvalue weighted by Crippen LogP contribution is 1.93. The fourth-order valence-electron chi connectivity index (χ4n) is 0.515. The van der Waals surface area contributed by atoms with E-state index in [-0.39, 0.29) is 0 Å². The minimum Gasteiger partial charge on any atom is -0.411 e. The van der Waals surface area contributed by atoms with Crippen LogP contribution in [-0.2, 0) is 0 Å². The number of nitrogens with one attached hydrogen (secondary N) is 1. The maximum atomic E-state index is 8.54. The summed E-state index contributed by atoms with van der Waals surface area (Å²) in [6, 6.07) is 0. The van der Waals surface area contributed by atoms with E-state index in [1.165, 1.54) is 0 Å². The minimum absolute atomic E-state index is 0.321. The molecule has 11 heavy (non-hydrogen) atoms. The third kappa shape index (κ3) is 3.47. The van der Waals surface area contributed by atoms with Crippen LogP contribution in [0.2, 0.25) is 0 Å². The third-order valence-electron chi connectivity index (χ3n) is 1.05. The van der Waals surface area contributed by atoms with Crippen LogP contribution in [0.4, 0.5) is 0 Å². The highest BCUT2D eigenvalue weighted by molar-refractivity contribution is 5.96. The molecule has 0 aromatic rings. The Hall–Kier alpha value is -1.23. The van der Waals surface area contributed by atoms with E-state index in [0.717, 1.165) is 0 Å². The van der Waals surface area contributed by atoms with Crippen LogP contribution in [0.3, 0.4) is 0 Å². The van der Waals surface area contributed by atoms with Gasteiger partial charge in [-0.25, -0.2) is 0 Å². The first-order valence-corrected chi connectivity index (χ1v) is 3.09. The van der Waals surface area contributed by atoms with E-state index in [1.807, 2.05) is 5.48 Å². The molecule has 0 unspecified atom stereocenters. The van der Waals surface area contributed by atoms with Crippen molar-refractivity contribution in [3.05, 3.63) is 11.9 Å². The first kappa shape index (κ1) is 9.77. The molecule has 0 aromatic carbocycles. The second-order valence-corrected chi connectivity index (χ2v) is 2.30. The number of allylic oxidation sites excluding steroid dienone is 1. The lowest BCUT2D eigenvalue weighted by Gasteiger charge is -2.08. The smallest absolute Gasteiger partial charge is 0.103 e. The van der Waals surface area contributed by atoms with Gasteiger partial charge in [0.25, 0.3) is 0 Å². The average Bonchev–Trinajstić information content (AvgIpc) is 1.98. The number of hydrogen-bond donors (Lipinski definition) is 3. The van der Waals surface area contributed by atoms with Gasteiger partial charge in [-0.1, -0.05) is 5.16 Å². The summed E-state index contributed by atoms with van der Waals surface area (Å²) in [5.74, 6) is 0. The molecule has 0 heterocycles. The van der Waals surface area contributed by atoms with Crippen molar-refractivity contribution in [3.8, 4) is 0 Å². The number of hydroxylamine groups is 1. The SMILES string of the molecule is CC(=N\O)/C(=C\N(C)C)NO. The van der Waals surface area contributed by atoms with E-state index in [4.69, 9.17) is 10.4 Å². The van der Waals surface area contributed by atoms with Crippen LogP contribution in [-0.4, -0.2) is 35.1 Å². The van der Waals surface area contributed by atoms with Crippen LogP contribution in [0.25, 0.3) is 0 Å². The lowest BCUT2D eigenvalue weighted by molar-refractivity contribution is 0.204. The Kier molecular flexibility index (Phi) is 4.05. The zero-order chi connectivity index (χ0) is 8.85. The summed E-state index contributed by atoms with van der Waals surface area (Å²) in [7, 11) is 3.59. The maximum absolute atomic E-state index is 8.54. The molecule has 0 saturated heterocycles. The third-order valence-corrected chi connectivity index (χ3v) is 1.05. The molecule has 0 aliphatic carbocycles. The lowest BCUT2D eigenvalue weighted by atomic mass is 10.3.